The van der Waals surface area contributed by atoms with E-state index in [0.717, 1.165) is 0 Å². The van der Waals surface area contributed by atoms with Gasteiger partial charge in [-0.25, -0.2) is 4.79 Å². The molecule has 0 aliphatic rings. The zero-order chi connectivity index (χ0) is 12.1. The topological polar surface area (TPSA) is 75.6 Å². The van der Waals surface area contributed by atoms with Gasteiger partial charge in [0.2, 0.25) is 0 Å². The second-order valence-electron chi connectivity index (χ2n) is 2.87. The highest BCUT2D eigenvalue weighted by Gasteiger charge is 2.19. The van der Waals surface area contributed by atoms with Gasteiger partial charge in [0, 0.05) is 7.11 Å². The summed E-state index contributed by atoms with van der Waals surface area (Å²) in [4.78, 5) is 22.5. The van der Waals surface area contributed by atoms with Gasteiger partial charge in [-0.15, -0.1) is 11.3 Å². The second-order valence-corrected chi connectivity index (χ2v) is 4.19. The van der Waals surface area contributed by atoms with E-state index in [2.05, 4.69) is 10.1 Å². The van der Waals surface area contributed by atoms with Crippen LogP contribution in [-0.2, 0) is 9.53 Å². The Hall–Kier alpha value is -1.11. The third kappa shape index (κ3) is 3.19. The first-order chi connectivity index (χ1) is 7.56. The second kappa shape index (κ2) is 5.83. The Kier molecular flexibility index (Phi) is 4.72. The number of ether oxygens (including phenoxy) is 1. The highest BCUT2D eigenvalue weighted by Crippen LogP contribution is 2.21. The third-order valence-corrected chi connectivity index (χ3v) is 3.17. The Morgan fingerprint density at radius 1 is 1.69 bits per heavy atom. The number of carboxylic acid groups (broad SMARTS) is 1. The predicted molar refractivity (Wildman–Crippen MR) is 60.1 cm³/mol. The van der Waals surface area contributed by atoms with Crippen molar-refractivity contribution < 1.29 is 19.4 Å². The van der Waals surface area contributed by atoms with Crippen LogP contribution in [0.5, 0.6) is 0 Å². The van der Waals surface area contributed by atoms with E-state index in [4.69, 9.17) is 16.7 Å². The number of methoxy groups -OCH3 is 1. The maximum atomic E-state index is 11.5. The summed E-state index contributed by atoms with van der Waals surface area (Å²) in [5.74, 6) is -1.52. The van der Waals surface area contributed by atoms with E-state index < -0.39 is 18.0 Å². The molecule has 5 nitrogen and oxygen atoms in total. The Morgan fingerprint density at radius 3 is 2.81 bits per heavy atom. The van der Waals surface area contributed by atoms with Crippen molar-refractivity contribution in [3.8, 4) is 0 Å². The molecule has 1 rings (SSSR count). The van der Waals surface area contributed by atoms with Gasteiger partial charge in [0.1, 0.15) is 4.88 Å². The molecule has 1 aromatic heterocycles. The van der Waals surface area contributed by atoms with E-state index >= 15 is 0 Å². The van der Waals surface area contributed by atoms with Crippen LogP contribution in [0, 0.1) is 0 Å². The van der Waals surface area contributed by atoms with E-state index in [1.807, 2.05) is 0 Å². The van der Waals surface area contributed by atoms with Crippen molar-refractivity contribution >= 4 is 34.8 Å². The van der Waals surface area contributed by atoms with Crippen LogP contribution in [0.3, 0.4) is 0 Å². The van der Waals surface area contributed by atoms with E-state index in [1.54, 1.807) is 11.4 Å². The molecule has 88 valence electrons. The van der Waals surface area contributed by atoms with Crippen LogP contribution >= 0.6 is 22.9 Å². The van der Waals surface area contributed by atoms with Gasteiger partial charge in [-0.05, 0) is 11.4 Å². The number of carbonyl (C=O) groups excluding carboxylic acids is 1. The molecule has 2 N–H and O–H groups in total. The number of rotatable bonds is 5. The van der Waals surface area contributed by atoms with Gasteiger partial charge >= 0.3 is 5.97 Å². The summed E-state index contributed by atoms with van der Waals surface area (Å²) < 4.78 is 4.67. The number of aliphatic carboxylic acids is 1. The molecule has 1 heterocycles. The summed E-state index contributed by atoms with van der Waals surface area (Å²) in [7, 11) is 1.27. The molecular formula is C9H10ClNO4S. The Morgan fingerprint density at radius 2 is 2.38 bits per heavy atom. The van der Waals surface area contributed by atoms with Crippen molar-refractivity contribution in [1.29, 1.82) is 0 Å². The molecule has 1 amide bonds. The van der Waals surface area contributed by atoms with Crippen LogP contribution in [0.25, 0.3) is 0 Å². The number of thiophene rings is 1. The van der Waals surface area contributed by atoms with Gasteiger partial charge in [-0.1, -0.05) is 11.6 Å². The lowest BCUT2D eigenvalue weighted by Gasteiger charge is -2.10. The molecule has 1 unspecified atom stereocenters. The molecule has 1 aromatic rings. The number of hydrogen-bond donors (Lipinski definition) is 2. The van der Waals surface area contributed by atoms with Crippen LogP contribution in [0.1, 0.15) is 9.67 Å². The summed E-state index contributed by atoms with van der Waals surface area (Å²) in [5, 5.41) is 13.1. The zero-order valence-corrected chi connectivity index (χ0v) is 9.97. The van der Waals surface area contributed by atoms with E-state index in [9.17, 15) is 9.59 Å². The standard InChI is InChI=1S/C9H10ClNO4S/c1-15-6(9(13)14)4-11-8(12)7-5(10)2-3-16-7/h2-3,6H,4H2,1H3,(H,11,12)(H,13,14). The minimum Gasteiger partial charge on any atom is -0.479 e. The van der Waals surface area contributed by atoms with Crippen molar-refractivity contribution in [1.82, 2.24) is 5.32 Å². The quantitative estimate of drug-likeness (QED) is 0.838. The summed E-state index contributed by atoms with van der Waals surface area (Å²) in [6.45, 7) is -0.0983. The molecule has 0 saturated heterocycles. The molecular weight excluding hydrogens is 254 g/mol. The Labute approximate surface area is 101 Å². The Balaban J connectivity index is 2.53. The van der Waals surface area contributed by atoms with Gasteiger partial charge in [-0.2, -0.15) is 0 Å². The number of halogens is 1. The molecule has 7 heteroatoms. The molecule has 0 saturated carbocycles. The van der Waals surface area contributed by atoms with Crippen LogP contribution in [0.2, 0.25) is 5.02 Å². The van der Waals surface area contributed by atoms with E-state index in [1.165, 1.54) is 18.4 Å². The zero-order valence-electron chi connectivity index (χ0n) is 8.40. The van der Waals surface area contributed by atoms with E-state index in [-0.39, 0.29) is 6.54 Å². The average Bonchev–Trinajstić information content (AvgIpc) is 2.64. The van der Waals surface area contributed by atoms with Crippen molar-refractivity contribution in [3.05, 3.63) is 21.3 Å². The van der Waals surface area contributed by atoms with Crippen molar-refractivity contribution in [2.24, 2.45) is 0 Å². The molecule has 0 aliphatic heterocycles. The van der Waals surface area contributed by atoms with E-state index in [0.29, 0.717) is 9.90 Å². The Bertz CT molecular complexity index is 393. The predicted octanol–water partition coefficient (Wildman–Crippen LogP) is 1.23. The first-order valence-electron chi connectivity index (χ1n) is 4.33. The fourth-order valence-electron chi connectivity index (χ4n) is 0.993. The van der Waals surface area contributed by atoms with Crippen LogP contribution in [-0.4, -0.2) is 36.7 Å². The normalized spacial score (nSPS) is 12.1. The van der Waals surface area contributed by atoms with Gasteiger partial charge < -0.3 is 15.2 Å². The number of hydrogen-bond acceptors (Lipinski definition) is 4. The molecule has 0 aliphatic carbocycles. The maximum absolute atomic E-state index is 11.5. The van der Waals surface area contributed by atoms with Crippen LogP contribution in [0.15, 0.2) is 11.4 Å². The largest absolute Gasteiger partial charge is 0.479 e. The van der Waals surface area contributed by atoms with Gasteiger partial charge in [0.15, 0.2) is 6.10 Å². The highest BCUT2D eigenvalue weighted by atomic mass is 35.5. The molecule has 0 radical (unpaired) electrons. The average molecular weight is 264 g/mol. The van der Waals surface area contributed by atoms with Crippen molar-refractivity contribution in [3.63, 3.8) is 0 Å². The fraction of sp³-hybridized carbons (Fsp3) is 0.333. The fourth-order valence-corrected chi connectivity index (χ4v) is 2.05. The first kappa shape index (κ1) is 13.0. The minimum absolute atomic E-state index is 0.0983. The molecule has 0 aromatic carbocycles. The number of nitrogens with one attached hydrogen (secondary N) is 1. The summed E-state index contributed by atoms with van der Waals surface area (Å²) >= 11 is 6.94. The smallest absolute Gasteiger partial charge is 0.334 e. The number of carbonyl (C=O) groups is 2. The van der Waals surface area contributed by atoms with Crippen LogP contribution < -0.4 is 5.32 Å². The lowest BCUT2D eigenvalue weighted by molar-refractivity contribution is -0.147. The monoisotopic (exact) mass is 263 g/mol. The van der Waals surface area contributed by atoms with Crippen LogP contribution in [0.4, 0.5) is 0 Å². The summed E-state index contributed by atoms with van der Waals surface area (Å²) in [5.41, 5.74) is 0. The summed E-state index contributed by atoms with van der Waals surface area (Å²) in [6, 6.07) is 1.60. The lowest BCUT2D eigenvalue weighted by atomic mass is 10.3. The van der Waals surface area contributed by atoms with Crippen molar-refractivity contribution in [2.45, 2.75) is 6.10 Å². The number of amides is 1. The lowest BCUT2D eigenvalue weighted by Crippen LogP contribution is -2.37. The molecule has 0 fully saturated rings. The van der Waals surface area contributed by atoms with Gasteiger partial charge in [-0.3, -0.25) is 4.79 Å². The molecule has 1 atom stereocenters. The van der Waals surface area contributed by atoms with Gasteiger partial charge in [0.05, 0.1) is 11.6 Å². The number of carboxylic acids is 1. The minimum atomic E-state index is -1.12. The maximum Gasteiger partial charge on any atom is 0.334 e. The molecule has 0 spiro atoms. The first-order valence-corrected chi connectivity index (χ1v) is 5.58. The third-order valence-electron chi connectivity index (χ3n) is 1.83. The SMILES string of the molecule is COC(CNC(=O)c1sccc1Cl)C(=O)O. The molecule has 0 bridgehead atoms. The highest BCUT2D eigenvalue weighted by molar-refractivity contribution is 7.12. The van der Waals surface area contributed by atoms with Crippen molar-refractivity contribution in [2.75, 3.05) is 13.7 Å². The van der Waals surface area contributed by atoms with Gasteiger partial charge in [0.25, 0.3) is 5.91 Å². The summed E-state index contributed by atoms with van der Waals surface area (Å²) in [6.07, 6.45) is -1.05. The molecule has 16 heavy (non-hydrogen) atoms.